The van der Waals surface area contributed by atoms with Crippen molar-refractivity contribution in [1.29, 1.82) is 0 Å². The lowest BCUT2D eigenvalue weighted by Gasteiger charge is -2.36. The first kappa shape index (κ1) is 23.8. The average molecular weight is 501 g/mol. The number of nitrogens with zero attached hydrogens (tertiary/aromatic N) is 6. The van der Waals surface area contributed by atoms with E-state index in [4.69, 9.17) is 0 Å². The molecular weight excluding hydrogens is 481 g/mol. The van der Waals surface area contributed by atoms with Gasteiger partial charge in [0.25, 0.3) is 0 Å². The Morgan fingerprint density at radius 2 is 1.69 bits per heavy atom. The summed E-state index contributed by atoms with van der Waals surface area (Å²) in [5, 5.41) is 3.41. The number of pyridine rings is 2. The summed E-state index contributed by atoms with van der Waals surface area (Å²) >= 11 is 0. The highest BCUT2D eigenvalue weighted by molar-refractivity contribution is 5.84. The molecule has 36 heavy (non-hydrogen) atoms. The van der Waals surface area contributed by atoms with Crippen molar-refractivity contribution >= 4 is 28.4 Å². The number of anilines is 3. The van der Waals surface area contributed by atoms with E-state index in [1.165, 1.54) is 17.2 Å². The minimum absolute atomic E-state index is 0.0686. The molecule has 0 aliphatic carbocycles. The summed E-state index contributed by atoms with van der Waals surface area (Å²) in [5.74, 6) is -0.844. The van der Waals surface area contributed by atoms with E-state index in [1.807, 2.05) is 4.90 Å². The number of rotatable bonds is 5. The molecule has 1 aliphatic rings. The van der Waals surface area contributed by atoms with Crippen LogP contribution in [0.1, 0.15) is 0 Å². The van der Waals surface area contributed by atoms with Crippen molar-refractivity contribution in [2.75, 3.05) is 42.9 Å². The number of piperazine rings is 1. The van der Waals surface area contributed by atoms with Crippen LogP contribution in [-0.2, 0) is 0 Å². The average Bonchev–Trinajstić information content (AvgIpc) is 2.85. The Morgan fingerprint density at radius 1 is 0.889 bits per heavy atom. The van der Waals surface area contributed by atoms with Crippen molar-refractivity contribution in [2.45, 2.75) is 6.18 Å². The molecule has 1 N–H and O–H groups in total. The molecule has 0 spiro atoms. The molecule has 7 nitrogen and oxygen atoms in total. The molecular formula is C24H20F5N7. The van der Waals surface area contributed by atoms with Gasteiger partial charge >= 0.3 is 6.18 Å². The molecule has 5 rings (SSSR count). The lowest BCUT2D eigenvalue weighted by molar-refractivity contribution is -0.146. The zero-order chi connectivity index (χ0) is 25.3. The summed E-state index contributed by atoms with van der Waals surface area (Å²) in [6.07, 6.45) is -0.147. The summed E-state index contributed by atoms with van der Waals surface area (Å²) in [5.41, 5.74) is 1.11. The minimum Gasteiger partial charge on any atom is -0.368 e. The van der Waals surface area contributed by atoms with Gasteiger partial charge in [-0.1, -0.05) is 6.07 Å². The fourth-order valence-corrected chi connectivity index (χ4v) is 4.09. The van der Waals surface area contributed by atoms with E-state index in [0.717, 1.165) is 11.9 Å². The monoisotopic (exact) mass is 501 g/mol. The highest BCUT2D eigenvalue weighted by atomic mass is 19.4. The zero-order valence-corrected chi connectivity index (χ0v) is 18.8. The fourth-order valence-electron chi connectivity index (χ4n) is 4.09. The Morgan fingerprint density at radius 3 is 2.42 bits per heavy atom. The van der Waals surface area contributed by atoms with Gasteiger partial charge in [0.2, 0.25) is 5.95 Å². The number of halogens is 5. The quantitative estimate of drug-likeness (QED) is 0.394. The third-order valence-corrected chi connectivity index (χ3v) is 5.80. The first-order chi connectivity index (χ1) is 17.2. The van der Waals surface area contributed by atoms with Gasteiger partial charge in [-0.3, -0.25) is 9.88 Å². The topological polar surface area (TPSA) is 70.1 Å². The van der Waals surface area contributed by atoms with Gasteiger partial charge in [-0.05, 0) is 30.3 Å². The number of alkyl halides is 3. The fraction of sp³-hybridized carbons (Fsp3) is 0.250. The Hall–Kier alpha value is -3.93. The van der Waals surface area contributed by atoms with E-state index in [9.17, 15) is 22.0 Å². The van der Waals surface area contributed by atoms with Gasteiger partial charge in [0.05, 0.1) is 24.6 Å². The van der Waals surface area contributed by atoms with Crippen LogP contribution in [-0.4, -0.2) is 63.7 Å². The summed E-state index contributed by atoms with van der Waals surface area (Å²) in [6, 6.07) is 9.56. The van der Waals surface area contributed by atoms with Crippen LogP contribution in [0, 0.1) is 11.6 Å². The Kier molecular flexibility index (Phi) is 6.35. The smallest absolute Gasteiger partial charge is 0.368 e. The molecule has 0 unspecified atom stereocenters. The molecule has 0 atom stereocenters. The molecule has 4 heterocycles. The molecule has 1 saturated heterocycles. The van der Waals surface area contributed by atoms with Crippen LogP contribution >= 0.6 is 0 Å². The third kappa shape index (κ3) is 5.33. The standard InChI is InChI=1S/C24H20F5N7/c25-18-11-16(10-15-2-1-5-30-21(15)18)22-19(26)13-32-23(34-22)33-20-4-3-17(12-31-20)36-8-6-35(7-9-36)14-24(27,28)29/h1-5,10-13H,6-9,14H2,(H,31,32,33,34). The highest BCUT2D eigenvalue weighted by Gasteiger charge is 2.32. The maximum Gasteiger partial charge on any atom is 0.401 e. The van der Waals surface area contributed by atoms with E-state index >= 15 is 0 Å². The van der Waals surface area contributed by atoms with Crippen LogP contribution < -0.4 is 10.2 Å². The SMILES string of the molecule is Fc1cnc(Nc2ccc(N3CCN(CC(F)(F)F)CC3)cn2)nc1-c1cc(F)c2ncccc2c1. The molecule has 1 aliphatic heterocycles. The molecule has 0 radical (unpaired) electrons. The van der Waals surface area contributed by atoms with Gasteiger partial charge in [0, 0.05) is 43.3 Å². The summed E-state index contributed by atoms with van der Waals surface area (Å²) in [4.78, 5) is 19.8. The third-order valence-electron chi connectivity index (χ3n) is 5.80. The van der Waals surface area contributed by atoms with Gasteiger partial charge in [-0.2, -0.15) is 13.2 Å². The predicted molar refractivity (Wildman–Crippen MR) is 125 cm³/mol. The number of nitrogens with one attached hydrogen (secondary N) is 1. The molecule has 0 bridgehead atoms. The van der Waals surface area contributed by atoms with E-state index < -0.39 is 24.4 Å². The van der Waals surface area contributed by atoms with Crippen molar-refractivity contribution in [1.82, 2.24) is 24.8 Å². The van der Waals surface area contributed by atoms with Crippen molar-refractivity contribution in [2.24, 2.45) is 0 Å². The minimum atomic E-state index is -4.21. The second kappa shape index (κ2) is 9.61. The van der Waals surface area contributed by atoms with Crippen LogP contribution in [0.25, 0.3) is 22.2 Å². The summed E-state index contributed by atoms with van der Waals surface area (Å²) < 4.78 is 66.8. The van der Waals surface area contributed by atoms with Crippen molar-refractivity contribution < 1.29 is 22.0 Å². The normalized spacial score (nSPS) is 14.9. The molecule has 1 fully saturated rings. The number of hydrogen-bond donors (Lipinski definition) is 1. The van der Waals surface area contributed by atoms with Crippen LogP contribution in [0.2, 0.25) is 0 Å². The summed E-state index contributed by atoms with van der Waals surface area (Å²) in [7, 11) is 0. The van der Waals surface area contributed by atoms with Crippen LogP contribution in [0.5, 0.6) is 0 Å². The molecule has 12 heteroatoms. The van der Waals surface area contributed by atoms with Crippen molar-refractivity contribution in [3.63, 3.8) is 0 Å². The molecule has 1 aromatic carbocycles. The number of aromatic nitrogens is 4. The maximum atomic E-state index is 14.5. The lowest BCUT2D eigenvalue weighted by atomic mass is 10.1. The summed E-state index contributed by atoms with van der Waals surface area (Å²) in [6.45, 7) is 0.595. The van der Waals surface area contributed by atoms with Crippen molar-refractivity contribution in [3.8, 4) is 11.3 Å². The Labute approximate surface area is 202 Å². The Balaban J connectivity index is 1.29. The molecule has 4 aromatic rings. The van der Waals surface area contributed by atoms with Crippen LogP contribution in [0.4, 0.5) is 39.4 Å². The molecule has 0 amide bonds. The number of fused-ring (bicyclic) bond motifs is 1. The molecule has 0 saturated carbocycles. The number of benzene rings is 1. The first-order valence-electron chi connectivity index (χ1n) is 11.1. The van der Waals surface area contributed by atoms with E-state index in [2.05, 4.69) is 25.3 Å². The maximum absolute atomic E-state index is 14.5. The van der Waals surface area contributed by atoms with Gasteiger partial charge in [0.15, 0.2) is 5.82 Å². The zero-order valence-electron chi connectivity index (χ0n) is 18.8. The van der Waals surface area contributed by atoms with E-state index in [-0.39, 0.29) is 22.7 Å². The number of hydrogen-bond acceptors (Lipinski definition) is 7. The largest absolute Gasteiger partial charge is 0.401 e. The van der Waals surface area contributed by atoms with E-state index in [1.54, 1.807) is 36.5 Å². The van der Waals surface area contributed by atoms with Crippen LogP contribution in [0.3, 0.4) is 0 Å². The second-order valence-electron chi connectivity index (χ2n) is 8.33. The lowest BCUT2D eigenvalue weighted by Crippen LogP contribution is -2.49. The van der Waals surface area contributed by atoms with Gasteiger partial charge in [-0.25, -0.2) is 23.7 Å². The second-order valence-corrected chi connectivity index (χ2v) is 8.33. The van der Waals surface area contributed by atoms with E-state index in [0.29, 0.717) is 37.4 Å². The van der Waals surface area contributed by atoms with Gasteiger partial charge in [0.1, 0.15) is 22.8 Å². The van der Waals surface area contributed by atoms with Crippen LogP contribution in [0.15, 0.2) is 55.0 Å². The predicted octanol–water partition coefficient (Wildman–Crippen LogP) is 4.79. The molecule has 186 valence electrons. The van der Waals surface area contributed by atoms with Gasteiger partial charge < -0.3 is 10.2 Å². The molecule has 3 aromatic heterocycles. The van der Waals surface area contributed by atoms with Crippen molar-refractivity contribution in [3.05, 3.63) is 66.6 Å². The Bertz CT molecular complexity index is 1370. The van der Waals surface area contributed by atoms with Gasteiger partial charge in [-0.15, -0.1) is 0 Å². The highest BCUT2D eigenvalue weighted by Crippen LogP contribution is 2.28. The first-order valence-corrected chi connectivity index (χ1v) is 11.1.